The molecule has 0 aliphatic rings. The molecule has 1 unspecified atom stereocenters. The first-order valence-electron chi connectivity index (χ1n) is 6.12. The average Bonchev–Trinajstić information content (AvgIpc) is 2.38. The van der Waals surface area contributed by atoms with Gasteiger partial charge in [-0.1, -0.05) is 13.0 Å². The number of halogens is 1. The molecule has 0 fully saturated rings. The molecular formula is C14H17FN2O2. The molecule has 1 aromatic rings. The van der Waals surface area contributed by atoms with Gasteiger partial charge in [-0.25, -0.2) is 4.39 Å². The number of nitriles is 1. The summed E-state index contributed by atoms with van der Waals surface area (Å²) in [6, 6.07) is 6.00. The van der Waals surface area contributed by atoms with Gasteiger partial charge in [0.15, 0.2) is 0 Å². The molecule has 1 N–H and O–H groups in total. The van der Waals surface area contributed by atoms with Gasteiger partial charge in [0.1, 0.15) is 5.82 Å². The molecule has 0 spiro atoms. The molecule has 1 aromatic carbocycles. The van der Waals surface area contributed by atoms with Crippen molar-refractivity contribution in [2.75, 3.05) is 6.54 Å². The van der Waals surface area contributed by atoms with E-state index >= 15 is 0 Å². The van der Waals surface area contributed by atoms with Crippen molar-refractivity contribution < 1.29 is 14.3 Å². The number of rotatable bonds is 6. The second kappa shape index (κ2) is 6.86. The predicted molar refractivity (Wildman–Crippen MR) is 68.9 cm³/mol. The molecule has 102 valence electrons. The van der Waals surface area contributed by atoms with Crippen LogP contribution in [0.5, 0.6) is 0 Å². The SMILES string of the molecule is CCC(C)N(CC(=O)O)Cc1ccc(F)cc1C#N. The third kappa shape index (κ3) is 4.34. The molecule has 1 atom stereocenters. The van der Waals surface area contributed by atoms with Crippen LogP contribution in [0.2, 0.25) is 0 Å². The smallest absolute Gasteiger partial charge is 0.317 e. The number of benzene rings is 1. The van der Waals surface area contributed by atoms with Gasteiger partial charge in [-0.15, -0.1) is 0 Å². The van der Waals surface area contributed by atoms with Gasteiger partial charge < -0.3 is 5.11 Å². The molecular weight excluding hydrogens is 247 g/mol. The number of hydrogen-bond donors (Lipinski definition) is 1. The average molecular weight is 264 g/mol. The zero-order valence-electron chi connectivity index (χ0n) is 11.1. The maximum Gasteiger partial charge on any atom is 0.317 e. The number of carboxylic acid groups (broad SMARTS) is 1. The largest absolute Gasteiger partial charge is 0.480 e. The molecule has 0 aliphatic heterocycles. The van der Waals surface area contributed by atoms with Crippen molar-refractivity contribution >= 4 is 5.97 Å². The Kier molecular flexibility index (Phi) is 5.46. The molecule has 0 radical (unpaired) electrons. The lowest BCUT2D eigenvalue weighted by Gasteiger charge is -2.27. The summed E-state index contributed by atoms with van der Waals surface area (Å²) in [7, 11) is 0. The van der Waals surface area contributed by atoms with E-state index in [1.165, 1.54) is 18.2 Å². The van der Waals surface area contributed by atoms with Crippen molar-refractivity contribution in [1.82, 2.24) is 4.90 Å². The molecule has 5 heteroatoms. The summed E-state index contributed by atoms with van der Waals surface area (Å²) in [6.45, 7) is 4.12. The minimum atomic E-state index is -0.916. The van der Waals surface area contributed by atoms with Crippen LogP contribution >= 0.6 is 0 Å². The Balaban J connectivity index is 2.96. The molecule has 0 aliphatic carbocycles. The van der Waals surface area contributed by atoms with Crippen LogP contribution in [-0.4, -0.2) is 28.6 Å². The Bertz CT molecular complexity index is 497. The Morgan fingerprint density at radius 3 is 2.79 bits per heavy atom. The third-order valence-electron chi connectivity index (χ3n) is 3.12. The highest BCUT2D eigenvalue weighted by atomic mass is 19.1. The fourth-order valence-corrected chi connectivity index (χ4v) is 1.81. The second-order valence-electron chi connectivity index (χ2n) is 4.47. The molecule has 0 saturated carbocycles. The lowest BCUT2D eigenvalue weighted by atomic mass is 10.1. The Morgan fingerprint density at radius 1 is 1.58 bits per heavy atom. The summed E-state index contributed by atoms with van der Waals surface area (Å²) in [5.74, 6) is -1.38. The zero-order valence-corrected chi connectivity index (χ0v) is 11.1. The molecule has 0 saturated heterocycles. The molecule has 0 heterocycles. The van der Waals surface area contributed by atoms with Gasteiger partial charge in [0.2, 0.25) is 0 Å². The Labute approximate surface area is 112 Å². The topological polar surface area (TPSA) is 64.3 Å². The fourth-order valence-electron chi connectivity index (χ4n) is 1.81. The number of aliphatic carboxylic acids is 1. The standard InChI is InChI=1S/C14H17FN2O2/c1-3-10(2)17(9-14(18)19)8-11-4-5-13(15)6-12(11)7-16/h4-6,10H,3,8-9H2,1-2H3,(H,18,19). The predicted octanol–water partition coefficient (Wildman–Crippen LogP) is 2.38. The molecule has 1 rings (SSSR count). The number of carbonyl (C=O) groups is 1. The van der Waals surface area contributed by atoms with Gasteiger partial charge in [0.05, 0.1) is 18.2 Å². The first-order valence-corrected chi connectivity index (χ1v) is 6.12. The maximum atomic E-state index is 13.0. The first kappa shape index (κ1) is 15.1. The van der Waals surface area contributed by atoms with Crippen molar-refractivity contribution in [2.24, 2.45) is 0 Å². The van der Waals surface area contributed by atoms with Gasteiger partial charge in [0.25, 0.3) is 0 Å². The highest BCUT2D eigenvalue weighted by Gasteiger charge is 2.17. The van der Waals surface area contributed by atoms with Crippen LogP contribution in [0.1, 0.15) is 31.4 Å². The van der Waals surface area contributed by atoms with E-state index in [4.69, 9.17) is 10.4 Å². The number of hydrogen-bond acceptors (Lipinski definition) is 3. The summed E-state index contributed by atoms with van der Waals surface area (Å²) in [5, 5.41) is 17.9. The maximum absolute atomic E-state index is 13.0. The van der Waals surface area contributed by atoms with Crippen LogP contribution in [0, 0.1) is 17.1 Å². The molecule has 19 heavy (non-hydrogen) atoms. The van der Waals surface area contributed by atoms with Gasteiger partial charge >= 0.3 is 5.97 Å². The fraction of sp³-hybridized carbons (Fsp3) is 0.429. The van der Waals surface area contributed by atoms with E-state index in [2.05, 4.69) is 0 Å². The lowest BCUT2D eigenvalue weighted by Crippen LogP contribution is -2.36. The number of nitrogens with zero attached hydrogens (tertiary/aromatic N) is 2. The molecule has 0 bridgehead atoms. The van der Waals surface area contributed by atoms with Gasteiger partial charge in [-0.2, -0.15) is 5.26 Å². The monoisotopic (exact) mass is 264 g/mol. The van der Waals surface area contributed by atoms with Crippen molar-refractivity contribution in [3.05, 3.63) is 35.1 Å². The second-order valence-corrected chi connectivity index (χ2v) is 4.47. The molecule has 4 nitrogen and oxygen atoms in total. The van der Waals surface area contributed by atoms with Gasteiger partial charge in [0, 0.05) is 12.6 Å². The van der Waals surface area contributed by atoms with E-state index in [0.717, 1.165) is 6.42 Å². The van der Waals surface area contributed by atoms with Crippen LogP contribution < -0.4 is 0 Å². The van der Waals surface area contributed by atoms with E-state index in [0.29, 0.717) is 12.1 Å². The summed E-state index contributed by atoms with van der Waals surface area (Å²) in [6.07, 6.45) is 0.802. The third-order valence-corrected chi connectivity index (χ3v) is 3.12. The van der Waals surface area contributed by atoms with E-state index < -0.39 is 11.8 Å². The van der Waals surface area contributed by atoms with E-state index in [9.17, 15) is 9.18 Å². The summed E-state index contributed by atoms with van der Waals surface area (Å²) in [4.78, 5) is 12.6. The van der Waals surface area contributed by atoms with Gasteiger partial charge in [-0.05, 0) is 31.0 Å². The van der Waals surface area contributed by atoms with Crippen LogP contribution in [0.15, 0.2) is 18.2 Å². The van der Waals surface area contributed by atoms with Crippen LogP contribution in [0.4, 0.5) is 4.39 Å². The quantitative estimate of drug-likeness (QED) is 0.856. The van der Waals surface area contributed by atoms with Crippen molar-refractivity contribution in [2.45, 2.75) is 32.9 Å². The normalized spacial score (nSPS) is 12.2. The highest BCUT2D eigenvalue weighted by molar-refractivity contribution is 5.69. The van der Waals surface area contributed by atoms with E-state index in [1.54, 1.807) is 4.90 Å². The lowest BCUT2D eigenvalue weighted by molar-refractivity contribution is -0.139. The Hall–Kier alpha value is -1.93. The van der Waals surface area contributed by atoms with E-state index in [1.807, 2.05) is 19.9 Å². The Morgan fingerprint density at radius 2 is 2.26 bits per heavy atom. The minimum Gasteiger partial charge on any atom is -0.480 e. The van der Waals surface area contributed by atoms with Crippen molar-refractivity contribution in [3.8, 4) is 6.07 Å². The minimum absolute atomic E-state index is 0.0766. The summed E-state index contributed by atoms with van der Waals surface area (Å²) >= 11 is 0. The molecule has 0 amide bonds. The summed E-state index contributed by atoms with van der Waals surface area (Å²) in [5.41, 5.74) is 0.893. The van der Waals surface area contributed by atoms with Crippen LogP contribution in [0.3, 0.4) is 0 Å². The van der Waals surface area contributed by atoms with Gasteiger partial charge in [-0.3, -0.25) is 9.69 Å². The zero-order chi connectivity index (χ0) is 14.4. The highest BCUT2D eigenvalue weighted by Crippen LogP contribution is 2.15. The summed E-state index contributed by atoms with van der Waals surface area (Å²) < 4.78 is 13.0. The number of carboxylic acids is 1. The van der Waals surface area contributed by atoms with Crippen LogP contribution in [0.25, 0.3) is 0 Å². The van der Waals surface area contributed by atoms with Crippen molar-refractivity contribution in [3.63, 3.8) is 0 Å². The molecule has 0 aromatic heterocycles. The van der Waals surface area contributed by atoms with E-state index in [-0.39, 0.29) is 18.2 Å². The van der Waals surface area contributed by atoms with Crippen molar-refractivity contribution in [1.29, 1.82) is 5.26 Å². The first-order chi connectivity index (χ1) is 8.97. The van der Waals surface area contributed by atoms with Crippen LogP contribution in [-0.2, 0) is 11.3 Å².